The summed E-state index contributed by atoms with van der Waals surface area (Å²) >= 11 is 6.74. The van der Waals surface area contributed by atoms with E-state index < -0.39 is 11.6 Å². The molecule has 27 heavy (non-hydrogen) atoms. The van der Waals surface area contributed by atoms with Crippen LogP contribution in [0.3, 0.4) is 0 Å². The van der Waals surface area contributed by atoms with Crippen molar-refractivity contribution < 1.29 is 18.3 Å². The Bertz CT molecular complexity index is 868. The molecule has 1 aliphatic rings. The van der Waals surface area contributed by atoms with Crippen molar-refractivity contribution in [2.75, 3.05) is 17.2 Å². The van der Waals surface area contributed by atoms with Gasteiger partial charge in [0.1, 0.15) is 16.6 Å². The van der Waals surface area contributed by atoms with Crippen molar-refractivity contribution in [3.63, 3.8) is 0 Å². The molecule has 0 aliphatic heterocycles. The van der Waals surface area contributed by atoms with Gasteiger partial charge < -0.3 is 15.4 Å². The molecule has 8 heteroatoms. The van der Waals surface area contributed by atoms with Crippen LogP contribution in [0.4, 0.5) is 19.5 Å². The van der Waals surface area contributed by atoms with Crippen molar-refractivity contribution in [1.29, 1.82) is 0 Å². The summed E-state index contributed by atoms with van der Waals surface area (Å²) in [6, 6.07) is 3.20. The summed E-state index contributed by atoms with van der Waals surface area (Å²) in [5, 5.41) is 6.43. The fraction of sp³-hybridized carbons (Fsp3) is 0.368. The third kappa shape index (κ3) is 4.62. The van der Waals surface area contributed by atoms with E-state index in [1.807, 2.05) is 0 Å². The first-order chi connectivity index (χ1) is 13.0. The summed E-state index contributed by atoms with van der Waals surface area (Å²) in [7, 11) is 0. The zero-order valence-electron chi connectivity index (χ0n) is 14.9. The van der Waals surface area contributed by atoms with Gasteiger partial charge in [0, 0.05) is 10.9 Å². The minimum absolute atomic E-state index is 0.0599. The maximum absolute atomic E-state index is 13.8. The number of carbonyl (C=O) groups is 1. The second-order valence-electron chi connectivity index (χ2n) is 6.19. The number of aryl methyl sites for hydroxylation is 1. The molecular weight excluding hydrogens is 390 g/mol. The highest BCUT2D eigenvalue weighted by atomic mass is 32.1. The first-order valence-electron chi connectivity index (χ1n) is 8.84. The second kappa shape index (κ2) is 8.75. The fourth-order valence-corrected chi connectivity index (χ4v) is 4.66. The summed E-state index contributed by atoms with van der Waals surface area (Å²) in [5.41, 5.74) is 1.60. The highest BCUT2D eigenvalue weighted by molar-refractivity contribution is 7.80. The number of ether oxygens (including phenoxy) is 1. The van der Waals surface area contributed by atoms with Gasteiger partial charge in [0.15, 0.2) is 5.11 Å². The SMILES string of the molecule is CCOC(=O)c1c(NC(=S)Nc2ccc(F)cc2F)sc2c1CCCCC2. The van der Waals surface area contributed by atoms with Gasteiger partial charge >= 0.3 is 5.97 Å². The third-order valence-electron chi connectivity index (χ3n) is 4.31. The number of halogens is 2. The van der Waals surface area contributed by atoms with E-state index in [0.717, 1.165) is 54.7 Å². The number of thiophene rings is 1. The van der Waals surface area contributed by atoms with Crippen LogP contribution in [0.1, 0.15) is 47.0 Å². The third-order valence-corrected chi connectivity index (χ3v) is 5.72. The molecule has 1 aromatic carbocycles. The number of rotatable bonds is 4. The normalized spacial score (nSPS) is 13.4. The van der Waals surface area contributed by atoms with Crippen LogP contribution < -0.4 is 10.6 Å². The molecule has 0 unspecified atom stereocenters. The van der Waals surface area contributed by atoms with Gasteiger partial charge in [-0.25, -0.2) is 13.6 Å². The summed E-state index contributed by atoms with van der Waals surface area (Å²) in [6.07, 6.45) is 4.99. The van der Waals surface area contributed by atoms with E-state index in [-0.39, 0.29) is 23.4 Å². The van der Waals surface area contributed by atoms with Gasteiger partial charge in [0.05, 0.1) is 17.9 Å². The van der Waals surface area contributed by atoms with Crippen LogP contribution >= 0.6 is 23.6 Å². The lowest BCUT2D eigenvalue weighted by Gasteiger charge is -2.12. The number of esters is 1. The van der Waals surface area contributed by atoms with Crippen molar-refractivity contribution in [3.8, 4) is 0 Å². The van der Waals surface area contributed by atoms with Crippen molar-refractivity contribution in [2.45, 2.75) is 39.0 Å². The number of nitrogens with one attached hydrogen (secondary N) is 2. The molecule has 0 amide bonds. The maximum atomic E-state index is 13.8. The van der Waals surface area contributed by atoms with E-state index >= 15 is 0 Å². The molecule has 2 aromatic rings. The average molecular weight is 411 g/mol. The molecule has 144 valence electrons. The highest BCUT2D eigenvalue weighted by Crippen LogP contribution is 2.38. The molecular formula is C19H20F2N2O2S2. The van der Waals surface area contributed by atoms with E-state index in [9.17, 15) is 13.6 Å². The smallest absolute Gasteiger partial charge is 0.341 e. The topological polar surface area (TPSA) is 50.4 Å². The number of carbonyl (C=O) groups excluding carboxylic acids is 1. The molecule has 0 saturated carbocycles. The van der Waals surface area contributed by atoms with Gasteiger partial charge in [-0.3, -0.25) is 0 Å². The first kappa shape index (κ1) is 19.7. The number of anilines is 2. The van der Waals surface area contributed by atoms with Crippen LogP contribution in [-0.2, 0) is 17.6 Å². The molecule has 1 heterocycles. The molecule has 0 atom stereocenters. The molecule has 4 nitrogen and oxygen atoms in total. The zero-order valence-corrected chi connectivity index (χ0v) is 16.5. The van der Waals surface area contributed by atoms with E-state index in [1.165, 1.54) is 17.4 Å². The van der Waals surface area contributed by atoms with Gasteiger partial charge in [0.2, 0.25) is 0 Å². The molecule has 0 spiro atoms. The van der Waals surface area contributed by atoms with Gasteiger partial charge in [-0.1, -0.05) is 6.42 Å². The van der Waals surface area contributed by atoms with Gasteiger partial charge in [0.25, 0.3) is 0 Å². The van der Waals surface area contributed by atoms with Crippen molar-refractivity contribution in [2.24, 2.45) is 0 Å². The Morgan fingerprint density at radius 2 is 2.00 bits per heavy atom. The van der Waals surface area contributed by atoms with Crippen LogP contribution in [0.2, 0.25) is 0 Å². The van der Waals surface area contributed by atoms with Crippen LogP contribution in [0.5, 0.6) is 0 Å². The van der Waals surface area contributed by atoms with Crippen molar-refractivity contribution >= 4 is 45.3 Å². The minimum Gasteiger partial charge on any atom is -0.462 e. The van der Waals surface area contributed by atoms with Crippen molar-refractivity contribution in [1.82, 2.24) is 0 Å². The van der Waals surface area contributed by atoms with Crippen LogP contribution in [0, 0.1) is 11.6 Å². The lowest BCUT2D eigenvalue weighted by atomic mass is 10.1. The zero-order chi connectivity index (χ0) is 19.4. The Morgan fingerprint density at radius 1 is 1.22 bits per heavy atom. The standard InChI is InChI=1S/C19H20F2N2O2S2/c1-2-25-18(24)16-12-6-4-3-5-7-15(12)27-17(16)23-19(26)22-14-9-8-11(20)10-13(14)21/h8-10H,2-7H2,1H3,(H2,22,23,26). The monoisotopic (exact) mass is 410 g/mol. The minimum atomic E-state index is -0.744. The predicted molar refractivity (Wildman–Crippen MR) is 108 cm³/mol. The number of hydrogen-bond acceptors (Lipinski definition) is 4. The Hall–Kier alpha value is -2.06. The number of thiocarbonyl (C=S) groups is 1. The van der Waals surface area contributed by atoms with Crippen LogP contribution in [0.15, 0.2) is 18.2 Å². The number of fused-ring (bicyclic) bond motifs is 1. The Labute approximate surface area is 165 Å². The molecule has 1 aliphatic carbocycles. The molecule has 0 bridgehead atoms. The van der Waals surface area contributed by atoms with E-state index in [4.69, 9.17) is 17.0 Å². The lowest BCUT2D eigenvalue weighted by Crippen LogP contribution is -2.21. The highest BCUT2D eigenvalue weighted by Gasteiger charge is 2.26. The molecule has 0 saturated heterocycles. The van der Waals surface area contributed by atoms with Gasteiger partial charge in [-0.15, -0.1) is 11.3 Å². The average Bonchev–Trinajstić information content (AvgIpc) is 2.78. The van der Waals surface area contributed by atoms with Gasteiger partial charge in [-0.05, 0) is 62.5 Å². The number of benzene rings is 1. The molecule has 3 rings (SSSR count). The van der Waals surface area contributed by atoms with E-state index in [1.54, 1.807) is 6.92 Å². The van der Waals surface area contributed by atoms with Crippen molar-refractivity contribution in [3.05, 3.63) is 45.8 Å². The van der Waals surface area contributed by atoms with Crippen LogP contribution in [-0.4, -0.2) is 17.7 Å². The predicted octanol–water partition coefficient (Wildman–Crippen LogP) is 5.28. The van der Waals surface area contributed by atoms with Crippen LogP contribution in [0.25, 0.3) is 0 Å². The first-order valence-corrected chi connectivity index (χ1v) is 10.1. The molecule has 0 radical (unpaired) electrons. The van der Waals surface area contributed by atoms with E-state index in [2.05, 4.69) is 10.6 Å². The summed E-state index contributed by atoms with van der Waals surface area (Å²) < 4.78 is 32.1. The second-order valence-corrected chi connectivity index (χ2v) is 7.71. The Kier molecular flexibility index (Phi) is 6.38. The van der Waals surface area contributed by atoms with E-state index in [0.29, 0.717) is 10.6 Å². The van der Waals surface area contributed by atoms with Gasteiger partial charge in [-0.2, -0.15) is 0 Å². The summed E-state index contributed by atoms with van der Waals surface area (Å²) in [5.74, 6) is -1.79. The fourth-order valence-electron chi connectivity index (χ4n) is 3.10. The molecule has 1 aromatic heterocycles. The maximum Gasteiger partial charge on any atom is 0.341 e. The molecule has 0 fully saturated rings. The largest absolute Gasteiger partial charge is 0.462 e. The lowest BCUT2D eigenvalue weighted by molar-refractivity contribution is 0.0527. The Morgan fingerprint density at radius 3 is 2.74 bits per heavy atom. The summed E-state index contributed by atoms with van der Waals surface area (Å²) in [6.45, 7) is 2.05. The Balaban J connectivity index is 1.84. The quantitative estimate of drug-likeness (QED) is 0.408. The molecule has 2 N–H and O–H groups in total. The number of hydrogen-bond donors (Lipinski definition) is 2. The summed E-state index contributed by atoms with van der Waals surface area (Å²) in [4.78, 5) is 13.7.